The molecule has 1 heterocycles. The lowest BCUT2D eigenvalue weighted by Gasteiger charge is -2.70. The van der Waals surface area contributed by atoms with Gasteiger partial charge in [0.25, 0.3) is 5.91 Å². The first-order valence-corrected chi connectivity index (χ1v) is 10.2. The van der Waals surface area contributed by atoms with Crippen LogP contribution in [-0.4, -0.2) is 30.9 Å². The van der Waals surface area contributed by atoms with Crippen LogP contribution >= 0.6 is 22.9 Å². The van der Waals surface area contributed by atoms with Crippen LogP contribution in [0.25, 0.3) is 0 Å². The third kappa shape index (κ3) is 3.49. The zero-order valence-electron chi connectivity index (χ0n) is 15.2. The van der Waals surface area contributed by atoms with Crippen molar-refractivity contribution in [2.24, 2.45) is 5.41 Å². The Morgan fingerprint density at radius 1 is 1.29 bits per heavy atom. The molecule has 5 nitrogen and oxygen atoms in total. The fourth-order valence-corrected chi connectivity index (χ4v) is 5.36. The summed E-state index contributed by atoms with van der Waals surface area (Å²) in [5.41, 5.74) is 0.390. The number of carbonyl (C=O) groups is 2. The molecule has 3 aliphatic carbocycles. The van der Waals surface area contributed by atoms with E-state index >= 15 is 0 Å². The standard InChI is InChI=1S/C20H19ClFNO4S/c1-26-17-8-28-7-13(17)16(24)5-19-9-20(10-19,11-19)23-18(25)6-27-12-2-3-14(21)15(22)4-12/h2-4,7-8H,5-6,9-11H2,1H3,(H,23,25). The number of methoxy groups -OCH3 is 1. The number of hydrogen-bond acceptors (Lipinski definition) is 5. The molecule has 0 spiro atoms. The molecule has 0 atom stereocenters. The largest absolute Gasteiger partial charge is 0.495 e. The van der Waals surface area contributed by atoms with Crippen LogP contribution in [0, 0.1) is 11.2 Å². The molecule has 1 amide bonds. The Morgan fingerprint density at radius 3 is 2.71 bits per heavy atom. The highest BCUT2D eigenvalue weighted by molar-refractivity contribution is 7.08. The van der Waals surface area contributed by atoms with E-state index in [1.165, 1.54) is 23.5 Å². The smallest absolute Gasteiger partial charge is 0.258 e. The number of Topliss-reactive ketones (excluding diaryl/α,β-unsaturated/α-hetero) is 1. The van der Waals surface area contributed by atoms with Crippen LogP contribution in [0.4, 0.5) is 4.39 Å². The molecular formula is C20H19ClFNO4S. The maximum absolute atomic E-state index is 13.4. The van der Waals surface area contributed by atoms with Gasteiger partial charge in [0.05, 0.1) is 17.7 Å². The maximum Gasteiger partial charge on any atom is 0.258 e. The average molecular weight is 424 g/mol. The van der Waals surface area contributed by atoms with Crippen LogP contribution in [0.3, 0.4) is 0 Å². The van der Waals surface area contributed by atoms with Crippen molar-refractivity contribution in [3.05, 3.63) is 45.4 Å². The molecule has 0 radical (unpaired) electrons. The van der Waals surface area contributed by atoms with Crippen LogP contribution < -0.4 is 14.8 Å². The van der Waals surface area contributed by atoms with E-state index in [1.807, 2.05) is 10.8 Å². The summed E-state index contributed by atoms with van der Waals surface area (Å²) >= 11 is 7.07. The number of nitrogens with one attached hydrogen (secondary N) is 1. The number of hydrogen-bond donors (Lipinski definition) is 1. The van der Waals surface area contributed by atoms with E-state index in [0.717, 1.165) is 25.3 Å². The Morgan fingerprint density at radius 2 is 2.04 bits per heavy atom. The molecule has 148 valence electrons. The summed E-state index contributed by atoms with van der Waals surface area (Å²) in [5, 5.41) is 6.64. The molecule has 3 saturated carbocycles. The van der Waals surface area contributed by atoms with Crippen LogP contribution in [0.5, 0.6) is 11.5 Å². The molecular weight excluding hydrogens is 405 g/mol. The zero-order valence-corrected chi connectivity index (χ0v) is 16.8. The van der Waals surface area contributed by atoms with E-state index in [4.69, 9.17) is 21.1 Å². The number of ketones is 1. The summed E-state index contributed by atoms with van der Waals surface area (Å²) in [6.45, 7) is -0.194. The van der Waals surface area contributed by atoms with Crippen molar-refractivity contribution in [1.82, 2.24) is 5.32 Å². The summed E-state index contributed by atoms with van der Waals surface area (Å²) in [7, 11) is 1.56. The fraction of sp³-hybridized carbons (Fsp3) is 0.400. The van der Waals surface area contributed by atoms with E-state index in [2.05, 4.69) is 5.32 Å². The van der Waals surface area contributed by atoms with Crippen molar-refractivity contribution in [2.45, 2.75) is 31.2 Å². The van der Waals surface area contributed by atoms with Crippen LogP contribution in [0.15, 0.2) is 29.0 Å². The van der Waals surface area contributed by atoms with Gasteiger partial charge in [0.1, 0.15) is 17.3 Å². The van der Waals surface area contributed by atoms with Gasteiger partial charge in [0, 0.05) is 28.8 Å². The maximum atomic E-state index is 13.4. The van der Waals surface area contributed by atoms with Crippen molar-refractivity contribution >= 4 is 34.6 Å². The molecule has 3 fully saturated rings. The summed E-state index contributed by atoms with van der Waals surface area (Å²) in [6.07, 6.45) is 2.84. The van der Waals surface area contributed by atoms with Crippen molar-refractivity contribution in [3.63, 3.8) is 0 Å². The molecule has 1 aromatic heterocycles. The minimum Gasteiger partial charge on any atom is -0.495 e. The molecule has 3 aliphatic rings. The number of amides is 1. The summed E-state index contributed by atoms with van der Waals surface area (Å²) < 4.78 is 23.9. The Bertz CT molecular complexity index is 924. The molecule has 2 bridgehead atoms. The molecule has 8 heteroatoms. The van der Waals surface area contributed by atoms with E-state index in [9.17, 15) is 14.0 Å². The monoisotopic (exact) mass is 423 g/mol. The topological polar surface area (TPSA) is 64.6 Å². The van der Waals surface area contributed by atoms with Gasteiger partial charge in [-0.3, -0.25) is 9.59 Å². The Hall–Kier alpha value is -2.12. The molecule has 5 rings (SSSR count). The van der Waals surface area contributed by atoms with E-state index in [-0.39, 0.29) is 40.0 Å². The molecule has 1 N–H and O–H groups in total. The van der Waals surface area contributed by atoms with Crippen molar-refractivity contribution in [3.8, 4) is 11.5 Å². The number of benzene rings is 1. The lowest BCUT2D eigenvalue weighted by atomic mass is 9.38. The predicted octanol–water partition coefficient (Wildman–Crippen LogP) is 4.24. The van der Waals surface area contributed by atoms with Gasteiger partial charge < -0.3 is 14.8 Å². The highest BCUT2D eigenvalue weighted by Crippen LogP contribution is 2.69. The number of carbonyl (C=O) groups excluding carboxylic acids is 2. The Kier molecular flexibility index (Phi) is 4.83. The third-order valence-electron chi connectivity index (χ3n) is 5.49. The van der Waals surface area contributed by atoms with Gasteiger partial charge in [-0.15, -0.1) is 11.3 Å². The van der Waals surface area contributed by atoms with Gasteiger partial charge in [0.15, 0.2) is 12.4 Å². The first-order valence-electron chi connectivity index (χ1n) is 8.86. The molecule has 0 unspecified atom stereocenters. The van der Waals surface area contributed by atoms with E-state index in [0.29, 0.717) is 17.7 Å². The lowest BCUT2D eigenvalue weighted by Crippen LogP contribution is -2.75. The number of ether oxygens (including phenoxy) is 2. The van der Waals surface area contributed by atoms with E-state index < -0.39 is 5.82 Å². The second-order valence-corrected chi connectivity index (χ2v) is 8.83. The van der Waals surface area contributed by atoms with E-state index in [1.54, 1.807) is 7.11 Å². The van der Waals surface area contributed by atoms with Gasteiger partial charge >= 0.3 is 0 Å². The van der Waals surface area contributed by atoms with Gasteiger partial charge in [0.2, 0.25) is 0 Å². The first-order chi connectivity index (χ1) is 13.3. The normalized spacial score (nSPS) is 24.7. The van der Waals surface area contributed by atoms with Crippen LogP contribution in [-0.2, 0) is 4.79 Å². The summed E-state index contributed by atoms with van der Waals surface area (Å²) in [6, 6.07) is 4.05. The molecule has 2 aromatic rings. The summed E-state index contributed by atoms with van der Waals surface area (Å²) in [4.78, 5) is 24.7. The fourth-order valence-electron chi connectivity index (χ4n) is 4.45. The van der Waals surface area contributed by atoms with Gasteiger partial charge in [-0.1, -0.05) is 11.6 Å². The predicted molar refractivity (Wildman–Crippen MR) is 104 cm³/mol. The quantitative estimate of drug-likeness (QED) is 0.645. The Labute approximate surface area is 170 Å². The molecule has 0 saturated heterocycles. The van der Waals surface area contributed by atoms with Crippen molar-refractivity contribution in [2.75, 3.05) is 13.7 Å². The molecule has 0 aliphatic heterocycles. The SMILES string of the molecule is COc1cscc1C(=O)CC12CC(NC(=O)COc3ccc(Cl)c(F)c3)(C1)C2. The number of thiophene rings is 1. The first kappa shape index (κ1) is 19.2. The third-order valence-corrected chi connectivity index (χ3v) is 6.52. The minimum absolute atomic E-state index is 0.00517. The molecule has 28 heavy (non-hydrogen) atoms. The van der Waals surface area contributed by atoms with Crippen molar-refractivity contribution in [1.29, 1.82) is 0 Å². The van der Waals surface area contributed by atoms with Gasteiger partial charge in [-0.25, -0.2) is 4.39 Å². The van der Waals surface area contributed by atoms with Gasteiger partial charge in [-0.2, -0.15) is 0 Å². The number of rotatable bonds is 8. The molecule has 1 aromatic carbocycles. The summed E-state index contributed by atoms with van der Waals surface area (Å²) in [5.74, 6) is 0.120. The average Bonchev–Trinajstić information content (AvgIpc) is 3.08. The minimum atomic E-state index is -0.590. The van der Waals surface area contributed by atoms with Crippen molar-refractivity contribution < 1.29 is 23.5 Å². The number of halogens is 2. The second kappa shape index (κ2) is 7.04. The highest BCUT2D eigenvalue weighted by Gasteiger charge is 2.68. The van der Waals surface area contributed by atoms with Gasteiger partial charge in [-0.05, 0) is 36.8 Å². The van der Waals surface area contributed by atoms with Crippen LogP contribution in [0.1, 0.15) is 36.0 Å². The zero-order chi connectivity index (χ0) is 19.9. The lowest BCUT2D eigenvalue weighted by molar-refractivity contribution is -0.164. The highest BCUT2D eigenvalue weighted by atomic mass is 35.5. The second-order valence-electron chi connectivity index (χ2n) is 7.68. The Balaban J connectivity index is 1.24. The van der Waals surface area contributed by atoms with Crippen LogP contribution in [0.2, 0.25) is 5.02 Å².